The Morgan fingerprint density at radius 2 is 1.65 bits per heavy atom. The number of rotatable bonds is 2. The maximum absolute atomic E-state index is 13.6. The molecule has 0 radical (unpaired) electrons. The summed E-state index contributed by atoms with van der Waals surface area (Å²) >= 11 is 0. The number of carbonyl (C=O) groups is 1. The maximum Gasteiger partial charge on any atom is 0.255 e. The van der Waals surface area contributed by atoms with Crippen molar-refractivity contribution in [3.63, 3.8) is 0 Å². The van der Waals surface area contributed by atoms with E-state index in [1.165, 1.54) is 6.07 Å². The van der Waals surface area contributed by atoms with Gasteiger partial charge < -0.3 is 5.32 Å². The molecule has 0 unspecified atom stereocenters. The third kappa shape index (κ3) is 3.04. The molecule has 3 rings (SSSR count). The van der Waals surface area contributed by atoms with Crippen LogP contribution in [0.25, 0.3) is 11.0 Å². The van der Waals surface area contributed by atoms with Crippen molar-refractivity contribution in [2.24, 2.45) is 0 Å². The maximum atomic E-state index is 13.6. The predicted octanol–water partition coefficient (Wildman–Crippen LogP) is 3.95. The first kappa shape index (κ1) is 15.1. The molecule has 0 fully saturated rings. The number of fused-ring (bicyclic) bond motifs is 1. The molecular formula is C18H16FN3O. The average Bonchev–Trinajstić information content (AvgIpc) is 2.51. The van der Waals surface area contributed by atoms with Gasteiger partial charge in [-0.25, -0.2) is 14.4 Å². The van der Waals surface area contributed by atoms with Crippen LogP contribution in [0.2, 0.25) is 0 Å². The lowest BCUT2D eigenvalue weighted by Crippen LogP contribution is -2.12. The van der Waals surface area contributed by atoms with Gasteiger partial charge >= 0.3 is 0 Å². The number of nitrogens with one attached hydrogen (secondary N) is 1. The number of hydrogen-bond acceptors (Lipinski definition) is 3. The first-order valence-corrected chi connectivity index (χ1v) is 7.26. The van der Waals surface area contributed by atoms with E-state index in [2.05, 4.69) is 15.3 Å². The van der Waals surface area contributed by atoms with Crippen LogP contribution in [-0.4, -0.2) is 15.9 Å². The summed E-state index contributed by atoms with van der Waals surface area (Å²) in [7, 11) is 0. The van der Waals surface area contributed by atoms with Gasteiger partial charge in [-0.15, -0.1) is 0 Å². The van der Waals surface area contributed by atoms with Crippen molar-refractivity contribution in [3.05, 3.63) is 64.7 Å². The highest BCUT2D eigenvalue weighted by Crippen LogP contribution is 2.17. The van der Waals surface area contributed by atoms with Crippen LogP contribution in [0.3, 0.4) is 0 Å². The Labute approximate surface area is 133 Å². The van der Waals surface area contributed by atoms with Crippen molar-refractivity contribution in [3.8, 4) is 0 Å². The van der Waals surface area contributed by atoms with Crippen LogP contribution in [0.5, 0.6) is 0 Å². The minimum Gasteiger partial charge on any atom is -0.322 e. The quantitative estimate of drug-likeness (QED) is 0.780. The van der Waals surface area contributed by atoms with E-state index < -0.39 is 0 Å². The van der Waals surface area contributed by atoms with Crippen LogP contribution >= 0.6 is 0 Å². The number of amides is 1. The number of hydrogen-bond donors (Lipinski definition) is 1. The van der Waals surface area contributed by atoms with Crippen molar-refractivity contribution in [1.29, 1.82) is 0 Å². The minimum absolute atomic E-state index is 0.310. The molecule has 0 aliphatic heterocycles. The molecule has 4 nitrogen and oxygen atoms in total. The Bertz CT molecular complexity index is 922. The van der Waals surface area contributed by atoms with Gasteiger partial charge in [-0.2, -0.15) is 0 Å². The fourth-order valence-corrected chi connectivity index (χ4v) is 2.25. The summed E-state index contributed by atoms with van der Waals surface area (Å²) in [6, 6.07) is 9.74. The number of aromatic nitrogens is 2. The molecule has 0 bridgehead atoms. The fourth-order valence-electron chi connectivity index (χ4n) is 2.25. The zero-order chi connectivity index (χ0) is 16.6. The van der Waals surface area contributed by atoms with E-state index in [0.29, 0.717) is 22.3 Å². The van der Waals surface area contributed by atoms with Crippen molar-refractivity contribution < 1.29 is 9.18 Å². The van der Waals surface area contributed by atoms with Crippen molar-refractivity contribution in [2.75, 3.05) is 5.32 Å². The molecule has 0 atom stereocenters. The molecule has 1 amide bonds. The second kappa shape index (κ2) is 5.76. The van der Waals surface area contributed by atoms with E-state index in [1.54, 1.807) is 37.3 Å². The van der Waals surface area contributed by atoms with Gasteiger partial charge in [0, 0.05) is 11.3 Å². The molecule has 2 aromatic carbocycles. The van der Waals surface area contributed by atoms with Crippen LogP contribution in [-0.2, 0) is 0 Å². The van der Waals surface area contributed by atoms with Crippen molar-refractivity contribution in [1.82, 2.24) is 9.97 Å². The van der Waals surface area contributed by atoms with E-state index in [-0.39, 0.29) is 11.7 Å². The number of anilines is 1. The summed E-state index contributed by atoms with van der Waals surface area (Å²) in [5, 5.41) is 2.69. The van der Waals surface area contributed by atoms with Crippen LogP contribution in [0.4, 0.5) is 10.1 Å². The molecule has 0 saturated carbocycles. The predicted molar refractivity (Wildman–Crippen MR) is 88.1 cm³/mol. The third-order valence-corrected chi connectivity index (χ3v) is 3.77. The zero-order valence-corrected chi connectivity index (χ0v) is 13.1. The van der Waals surface area contributed by atoms with E-state index in [1.807, 2.05) is 13.8 Å². The van der Waals surface area contributed by atoms with Crippen LogP contribution in [0.1, 0.15) is 27.3 Å². The Morgan fingerprint density at radius 1 is 0.957 bits per heavy atom. The Kier molecular flexibility index (Phi) is 3.78. The summed E-state index contributed by atoms with van der Waals surface area (Å²) in [6.07, 6.45) is 0. The van der Waals surface area contributed by atoms with Gasteiger partial charge in [-0.3, -0.25) is 4.79 Å². The second-order valence-corrected chi connectivity index (χ2v) is 5.52. The first-order valence-electron chi connectivity index (χ1n) is 7.26. The smallest absolute Gasteiger partial charge is 0.255 e. The summed E-state index contributed by atoms with van der Waals surface area (Å²) < 4.78 is 13.6. The summed E-state index contributed by atoms with van der Waals surface area (Å²) in [5.41, 5.74) is 4.51. The molecule has 3 aromatic rings. The van der Waals surface area contributed by atoms with Gasteiger partial charge in [0.25, 0.3) is 5.91 Å². The molecule has 0 aliphatic carbocycles. The molecule has 1 heterocycles. The largest absolute Gasteiger partial charge is 0.322 e. The summed E-state index contributed by atoms with van der Waals surface area (Å²) in [5.74, 6) is -0.659. The Morgan fingerprint density at radius 3 is 2.35 bits per heavy atom. The van der Waals surface area contributed by atoms with Gasteiger partial charge in [0.05, 0.1) is 22.4 Å². The van der Waals surface area contributed by atoms with Crippen molar-refractivity contribution >= 4 is 22.6 Å². The van der Waals surface area contributed by atoms with Gasteiger partial charge in [-0.05, 0) is 56.7 Å². The van der Waals surface area contributed by atoms with E-state index >= 15 is 0 Å². The number of benzene rings is 2. The highest BCUT2D eigenvalue weighted by molar-refractivity contribution is 6.05. The molecule has 1 aromatic heterocycles. The van der Waals surface area contributed by atoms with Crippen molar-refractivity contribution in [2.45, 2.75) is 20.8 Å². The minimum atomic E-state index is -0.349. The Hall–Kier alpha value is -2.82. The summed E-state index contributed by atoms with van der Waals surface area (Å²) in [4.78, 5) is 21.2. The normalized spacial score (nSPS) is 10.8. The molecule has 23 heavy (non-hydrogen) atoms. The molecule has 1 N–H and O–H groups in total. The number of aryl methyl sites for hydroxylation is 3. The molecule has 0 spiro atoms. The number of halogens is 1. The second-order valence-electron chi connectivity index (χ2n) is 5.52. The van der Waals surface area contributed by atoms with Gasteiger partial charge in [0.1, 0.15) is 5.82 Å². The topological polar surface area (TPSA) is 54.9 Å². The zero-order valence-electron chi connectivity index (χ0n) is 13.1. The van der Waals surface area contributed by atoms with E-state index in [4.69, 9.17) is 0 Å². The monoisotopic (exact) mass is 309 g/mol. The average molecular weight is 309 g/mol. The molecule has 0 saturated heterocycles. The van der Waals surface area contributed by atoms with Crippen LogP contribution in [0.15, 0.2) is 36.4 Å². The number of nitrogens with zero attached hydrogens (tertiary/aromatic N) is 2. The summed E-state index contributed by atoms with van der Waals surface area (Å²) in [6.45, 7) is 5.45. The van der Waals surface area contributed by atoms with Gasteiger partial charge in [0.15, 0.2) is 0 Å². The van der Waals surface area contributed by atoms with E-state index in [0.717, 1.165) is 16.9 Å². The molecule has 5 heteroatoms. The first-order chi connectivity index (χ1) is 10.9. The fraction of sp³-hybridized carbons (Fsp3) is 0.167. The molecule has 116 valence electrons. The highest BCUT2D eigenvalue weighted by atomic mass is 19.1. The number of carbonyl (C=O) groups excluding carboxylic acids is 1. The van der Waals surface area contributed by atoms with Gasteiger partial charge in [0.2, 0.25) is 0 Å². The van der Waals surface area contributed by atoms with Gasteiger partial charge in [-0.1, -0.05) is 6.07 Å². The standard InChI is InChI=1S/C18H16FN3O/c1-10-4-6-14(9-15(10)19)22-18(23)13-5-7-16-17(8-13)21-12(3)11(2)20-16/h4-9H,1-3H3,(H,22,23). The third-order valence-electron chi connectivity index (χ3n) is 3.77. The lowest BCUT2D eigenvalue weighted by Gasteiger charge is -2.08. The Balaban J connectivity index is 1.91. The molecular weight excluding hydrogens is 293 g/mol. The van der Waals surface area contributed by atoms with E-state index in [9.17, 15) is 9.18 Å². The van der Waals surface area contributed by atoms with Crippen LogP contribution in [0, 0.1) is 26.6 Å². The van der Waals surface area contributed by atoms with Crippen LogP contribution < -0.4 is 5.32 Å². The lowest BCUT2D eigenvalue weighted by molar-refractivity contribution is 0.102. The molecule has 0 aliphatic rings. The SMILES string of the molecule is Cc1ccc(NC(=O)c2ccc3nc(C)c(C)nc3c2)cc1F. The lowest BCUT2D eigenvalue weighted by atomic mass is 10.1. The highest BCUT2D eigenvalue weighted by Gasteiger charge is 2.10.